The summed E-state index contributed by atoms with van der Waals surface area (Å²) in [7, 11) is 1.28. The van der Waals surface area contributed by atoms with Gasteiger partial charge in [-0.15, -0.1) is 0 Å². The van der Waals surface area contributed by atoms with Gasteiger partial charge in [0, 0.05) is 41.3 Å². The molecule has 0 radical (unpaired) electrons. The molecule has 2 unspecified atom stereocenters. The summed E-state index contributed by atoms with van der Waals surface area (Å²) in [5, 5.41) is 4.87. The lowest BCUT2D eigenvalue weighted by Gasteiger charge is -2.28. The Balaban J connectivity index is 1.44. The van der Waals surface area contributed by atoms with Gasteiger partial charge >= 0.3 is 5.97 Å². The number of halogens is 2. The molecule has 4 aromatic rings. The van der Waals surface area contributed by atoms with E-state index in [9.17, 15) is 13.6 Å². The van der Waals surface area contributed by atoms with Crippen molar-refractivity contribution in [2.75, 3.05) is 13.7 Å². The highest BCUT2D eigenvalue weighted by Gasteiger charge is 2.31. The number of aromatic nitrogens is 5. The van der Waals surface area contributed by atoms with Crippen LogP contribution in [-0.4, -0.2) is 44.4 Å². The minimum atomic E-state index is -0.761. The van der Waals surface area contributed by atoms with Crippen molar-refractivity contribution in [1.29, 1.82) is 0 Å². The number of fused-ring (bicyclic) bond motifs is 1. The number of methoxy groups -OCH3 is 1. The van der Waals surface area contributed by atoms with Crippen molar-refractivity contribution < 1.29 is 23.0 Å². The minimum absolute atomic E-state index is 0.0722. The fourth-order valence-corrected chi connectivity index (χ4v) is 4.87. The van der Waals surface area contributed by atoms with Crippen molar-refractivity contribution in [1.82, 2.24) is 24.7 Å². The van der Waals surface area contributed by atoms with Gasteiger partial charge in [-0.2, -0.15) is 5.10 Å². The Kier molecular flexibility index (Phi) is 5.91. The van der Waals surface area contributed by atoms with E-state index in [-0.39, 0.29) is 28.8 Å². The Bertz CT molecular complexity index is 1520. The lowest BCUT2D eigenvalue weighted by molar-refractivity contribution is 0.00396. The van der Waals surface area contributed by atoms with E-state index in [1.165, 1.54) is 19.2 Å². The second-order valence-electron chi connectivity index (χ2n) is 9.60. The third-order valence-corrected chi connectivity index (χ3v) is 7.05. The summed E-state index contributed by atoms with van der Waals surface area (Å²) in [6.07, 6.45) is 7.35. The molecule has 1 saturated heterocycles. The smallest absolute Gasteiger partial charge is 0.339 e. The number of pyridine rings is 1. The Morgan fingerprint density at radius 1 is 1.14 bits per heavy atom. The highest BCUT2D eigenvalue weighted by Crippen LogP contribution is 2.40. The SMILES string of the molecule is COC(=O)c1cc2c(-c3ccc(F)cc3F)nc(C3CCOC(c4cnn(C5CC5)c4)C3)nc2nc1C. The van der Waals surface area contributed by atoms with E-state index < -0.39 is 17.6 Å². The number of nitrogens with zero attached hydrogens (tertiary/aromatic N) is 5. The quantitative estimate of drug-likeness (QED) is 0.343. The highest BCUT2D eigenvalue weighted by atomic mass is 19.1. The van der Waals surface area contributed by atoms with Crippen LogP contribution in [0.2, 0.25) is 0 Å². The van der Waals surface area contributed by atoms with Gasteiger partial charge in [0.25, 0.3) is 0 Å². The van der Waals surface area contributed by atoms with Gasteiger partial charge < -0.3 is 9.47 Å². The molecule has 0 bridgehead atoms. The predicted molar refractivity (Wildman–Crippen MR) is 130 cm³/mol. The molecule has 1 aliphatic carbocycles. The van der Waals surface area contributed by atoms with Crippen LogP contribution in [0, 0.1) is 18.6 Å². The Morgan fingerprint density at radius 2 is 1.97 bits per heavy atom. The van der Waals surface area contributed by atoms with Crippen LogP contribution in [0.25, 0.3) is 22.3 Å². The first-order valence-electron chi connectivity index (χ1n) is 12.3. The molecule has 2 atom stereocenters. The van der Waals surface area contributed by atoms with Gasteiger partial charge in [-0.3, -0.25) is 4.68 Å². The fraction of sp³-hybridized carbons (Fsp3) is 0.370. The van der Waals surface area contributed by atoms with Crippen molar-refractivity contribution in [3.63, 3.8) is 0 Å². The van der Waals surface area contributed by atoms with Gasteiger partial charge in [-0.05, 0) is 50.8 Å². The first-order valence-corrected chi connectivity index (χ1v) is 12.3. The van der Waals surface area contributed by atoms with E-state index in [2.05, 4.69) is 10.1 Å². The van der Waals surface area contributed by atoms with E-state index >= 15 is 0 Å². The zero-order chi connectivity index (χ0) is 25.7. The summed E-state index contributed by atoms with van der Waals surface area (Å²) in [4.78, 5) is 26.4. The highest BCUT2D eigenvalue weighted by molar-refractivity contribution is 5.98. The topological polar surface area (TPSA) is 92.0 Å². The summed E-state index contributed by atoms with van der Waals surface area (Å²) in [6.45, 7) is 2.20. The Labute approximate surface area is 211 Å². The lowest BCUT2D eigenvalue weighted by atomic mass is 9.92. The molecule has 190 valence electrons. The molecule has 3 aromatic heterocycles. The van der Waals surface area contributed by atoms with Gasteiger partial charge in [0.15, 0.2) is 5.65 Å². The van der Waals surface area contributed by atoms with Crippen LogP contribution < -0.4 is 0 Å². The van der Waals surface area contributed by atoms with Gasteiger partial charge in [-0.1, -0.05) is 0 Å². The third-order valence-electron chi connectivity index (χ3n) is 7.05. The lowest BCUT2D eigenvalue weighted by Crippen LogP contribution is -2.20. The predicted octanol–water partition coefficient (Wildman–Crippen LogP) is 5.23. The third kappa shape index (κ3) is 4.46. The second kappa shape index (κ2) is 9.26. The molecule has 6 rings (SSSR count). The van der Waals surface area contributed by atoms with Crippen molar-refractivity contribution in [3.8, 4) is 11.3 Å². The van der Waals surface area contributed by atoms with Crippen LogP contribution >= 0.6 is 0 Å². The Morgan fingerprint density at radius 3 is 2.73 bits per heavy atom. The molecule has 0 N–H and O–H groups in total. The summed E-state index contributed by atoms with van der Waals surface area (Å²) >= 11 is 0. The second-order valence-corrected chi connectivity index (χ2v) is 9.60. The number of carbonyl (C=O) groups is 1. The molecule has 4 heterocycles. The number of ether oxygens (including phenoxy) is 2. The fourth-order valence-electron chi connectivity index (χ4n) is 4.87. The molecule has 2 aliphatic rings. The normalized spacial score (nSPS) is 19.8. The maximum absolute atomic E-state index is 15.0. The molecule has 2 fully saturated rings. The van der Waals surface area contributed by atoms with Crippen molar-refractivity contribution in [3.05, 3.63) is 70.9 Å². The van der Waals surface area contributed by atoms with Crippen LogP contribution in [0.4, 0.5) is 8.78 Å². The molecule has 1 aliphatic heterocycles. The molecular formula is C27H25F2N5O3. The van der Waals surface area contributed by atoms with E-state index in [0.717, 1.165) is 24.5 Å². The van der Waals surface area contributed by atoms with E-state index in [1.54, 1.807) is 13.0 Å². The monoisotopic (exact) mass is 505 g/mol. The first-order chi connectivity index (χ1) is 17.9. The van der Waals surface area contributed by atoms with Crippen LogP contribution in [0.3, 0.4) is 0 Å². The van der Waals surface area contributed by atoms with Gasteiger partial charge in [0.05, 0.1) is 42.4 Å². The summed E-state index contributed by atoms with van der Waals surface area (Å²) in [5.74, 6) is -1.59. The Hall–Kier alpha value is -3.79. The molecule has 1 saturated carbocycles. The maximum Gasteiger partial charge on any atom is 0.339 e. The van der Waals surface area contributed by atoms with E-state index in [4.69, 9.17) is 19.4 Å². The summed E-state index contributed by atoms with van der Waals surface area (Å²) < 4.78 is 41.6. The summed E-state index contributed by atoms with van der Waals surface area (Å²) in [5.41, 5.74) is 2.36. The molecule has 1 aromatic carbocycles. The van der Waals surface area contributed by atoms with Gasteiger partial charge in [-0.25, -0.2) is 28.5 Å². The number of benzene rings is 1. The van der Waals surface area contributed by atoms with Crippen LogP contribution in [0.15, 0.2) is 36.7 Å². The van der Waals surface area contributed by atoms with Crippen LogP contribution in [0.1, 0.15) is 71.2 Å². The number of hydrogen-bond donors (Lipinski definition) is 0. The average molecular weight is 506 g/mol. The number of rotatable bonds is 5. The van der Waals surface area contributed by atoms with Crippen molar-refractivity contribution in [2.24, 2.45) is 0 Å². The van der Waals surface area contributed by atoms with Crippen molar-refractivity contribution >= 4 is 17.0 Å². The van der Waals surface area contributed by atoms with Crippen LogP contribution in [-0.2, 0) is 9.47 Å². The molecule has 8 nitrogen and oxygen atoms in total. The number of carbonyl (C=O) groups excluding carboxylic acids is 1. The van der Waals surface area contributed by atoms with E-state index in [1.807, 2.05) is 17.1 Å². The summed E-state index contributed by atoms with van der Waals surface area (Å²) in [6, 6.07) is 5.37. The average Bonchev–Trinajstić information content (AvgIpc) is 3.63. The zero-order valence-electron chi connectivity index (χ0n) is 20.4. The number of hydrogen-bond acceptors (Lipinski definition) is 7. The maximum atomic E-state index is 15.0. The molecule has 0 spiro atoms. The molecule has 37 heavy (non-hydrogen) atoms. The minimum Gasteiger partial charge on any atom is -0.465 e. The largest absolute Gasteiger partial charge is 0.465 e. The molecule has 0 amide bonds. The number of aryl methyl sites for hydroxylation is 1. The molecule has 10 heteroatoms. The standard InChI is InChI=1S/C27H25F2N5O3/c1-14-20(27(35)36-2)11-21-24(19-6-3-17(28)10-22(19)29)32-25(33-26(21)31-14)15-7-8-37-23(9-15)16-12-30-34(13-16)18-4-5-18/h3,6,10-13,15,18,23H,4-5,7-9H2,1-2H3. The van der Waals surface area contributed by atoms with E-state index in [0.29, 0.717) is 48.0 Å². The first kappa shape index (κ1) is 23.6. The van der Waals surface area contributed by atoms with Gasteiger partial charge in [0.2, 0.25) is 0 Å². The van der Waals surface area contributed by atoms with Crippen LogP contribution in [0.5, 0.6) is 0 Å². The molecular weight excluding hydrogens is 480 g/mol. The number of esters is 1. The zero-order valence-corrected chi connectivity index (χ0v) is 20.4. The van der Waals surface area contributed by atoms with Gasteiger partial charge in [0.1, 0.15) is 17.5 Å². The van der Waals surface area contributed by atoms with Crippen molar-refractivity contribution in [2.45, 2.75) is 50.7 Å².